The molecule has 0 aliphatic carbocycles. The summed E-state index contributed by atoms with van der Waals surface area (Å²) >= 11 is 0. The van der Waals surface area contributed by atoms with Crippen LogP contribution in [0.5, 0.6) is 0 Å². The van der Waals surface area contributed by atoms with Gasteiger partial charge < -0.3 is 10.2 Å². The molecule has 18 heavy (non-hydrogen) atoms. The summed E-state index contributed by atoms with van der Waals surface area (Å²) in [5.41, 5.74) is 0. The quantitative estimate of drug-likeness (QED) is 0.823. The second-order valence-corrected chi connectivity index (χ2v) is 5.71. The molecule has 0 radical (unpaired) electrons. The number of hydrogen-bond donors (Lipinski definition) is 1. The van der Waals surface area contributed by atoms with Crippen LogP contribution in [0, 0.1) is 5.92 Å². The molecule has 0 bridgehead atoms. The molecule has 1 rings (SSSR count). The molecule has 108 valence electrons. The normalized spacial score (nSPS) is 28.3. The van der Waals surface area contributed by atoms with E-state index in [1.807, 2.05) is 6.92 Å². The smallest absolute Gasteiger partial charge is 0.311 e. The SMILES string of the molecule is CC(CCCC(F)(F)F)NC1CCN(C)CC1C. The summed E-state index contributed by atoms with van der Waals surface area (Å²) in [6.45, 7) is 6.32. The lowest BCUT2D eigenvalue weighted by Gasteiger charge is -2.37. The van der Waals surface area contributed by atoms with Crippen molar-refractivity contribution in [3.05, 3.63) is 0 Å². The van der Waals surface area contributed by atoms with Crippen LogP contribution >= 0.6 is 0 Å². The van der Waals surface area contributed by atoms with Crippen molar-refractivity contribution in [2.75, 3.05) is 20.1 Å². The van der Waals surface area contributed by atoms with Crippen molar-refractivity contribution in [3.63, 3.8) is 0 Å². The molecule has 5 heteroatoms. The largest absolute Gasteiger partial charge is 0.389 e. The highest BCUT2D eigenvalue weighted by Crippen LogP contribution is 2.23. The summed E-state index contributed by atoms with van der Waals surface area (Å²) in [6, 6.07) is 0.616. The molecular formula is C13H25F3N2. The molecule has 1 aliphatic rings. The first-order chi connectivity index (χ1) is 8.28. The van der Waals surface area contributed by atoms with Gasteiger partial charge in [0.25, 0.3) is 0 Å². The minimum Gasteiger partial charge on any atom is -0.311 e. The molecule has 0 aromatic heterocycles. The van der Waals surface area contributed by atoms with Crippen molar-refractivity contribution < 1.29 is 13.2 Å². The van der Waals surface area contributed by atoms with Crippen LogP contribution in [0.2, 0.25) is 0 Å². The maximum Gasteiger partial charge on any atom is 0.389 e. The molecule has 3 atom stereocenters. The van der Waals surface area contributed by atoms with Crippen molar-refractivity contribution in [1.29, 1.82) is 0 Å². The van der Waals surface area contributed by atoms with Gasteiger partial charge >= 0.3 is 6.18 Å². The second-order valence-electron chi connectivity index (χ2n) is 5.71. The van der Waals surface area contributed by atoms with Gasteiger partial charge in [-0.3, -0.25) is 0 Å². The number of rotatable bonds is 5. The van der Waals surface area contributed by atoms with Gasteiger partial charge in [-0.2, -0.15) is 13.2 Å². The van der Waals surface area contributed by atoms with Crippen LogP contribution in [0.1, 0.15) is 39.5 Å². The standard InChI is InChI=1S/C13H25F3N2/c1-10-9-18(3)8-6-12(10)17-11(2)5-4-7-13(14,15)16/h10-12,17H,4-9H2,1-3H3. The Balaban J connectivity index is 2.21. The van der Waals surface area contributed by atoms with Gasteiger partial charge in [-0.1, -0.05) is 6.92 Å². The van der Waals surface area contributed by atoms with Crippen molar-refractivity contribution >= 4 is 0 Å². The Morgan fingerprint density at radius 1 is 1.39 bits per heavy atom. The Bertz CT molecular complexity index is 243. The fraction of sp³-hybridized carbons (Fsp3) is 1.00. The van der Waals surface area contributed by atoms with Crippen LogP contribution in [-0.2, 0) is 0 Å². The third-order valence-corrected chi connectivity index (χ3v) is 3.70. The van der Waals surface area contributed by atoms with Crippen molar-refractivity contribution in [2.45, 2.75) is 57.8 Å². The zero-order valence-corrected chi connectivity index (χ0v) is 11.6. The number of piperidine rings is 1. The van der Waals surface area contributed by atoms with E-state index in [1.165, 1.54) is 0 Å². The molecule has 1 N–H and O–H groups in total. The fourth-order valence-corrected chi connectivity index (χ4v) is 2.66. The van der Waals surface area contributed by atoms with E-state index in [0.29, 0.717) is 18.4 Å². The summed E-state index contributed by atoms with van der Waals surface area (Å²) in [4.78, 5) is 2.30. The first kappa shape index (κ1) is 15.8. The number of likely N-dealkylation sites (tertiary alicyclic amines) is 1. The second kappa shape index (κ2) is 6.75. The Morgan fingerprint density at radius 2 is 2.06 bits per heavy atom. The molecule has 1 fully saturated rings. The Labute approximate surface area is 108 Å². The number of halogens is 3. The molecular weight excluding hydrogens is 241 g/mol. The molecule has 0 aromatic rings. The van der Waals surface area contributed by atoms with Crippen molar-refractivity contribution in [2.24, 2.45) is 5.92 Å². The van der Waals surface area contributed by atoms with Crippen LogP contribution in [-0.4, -0.2) is 43.3 Å². The Hall–Kier alpha value is -0.290. The average molecular weight is 266 g/mol. The highest BCUT2D eigenvalue weighted by molar-refractivity contribution is 4.83. The van der Waals surface area contributed by atoms with E-state index in [-0.39, 0.29) is 12.5 Å². The molecule has 0 amide bonds. The van der Waals surface area contributed by atoms with Gasteiger partial charge in [0.05, 0.1) is 0 Å². The van der Waals surface area contributed by atoms with E-state index in [0.717, 1.165) is 19.5 Å². The van der Waals surface area contributed by atoms with E-state index in [1.54, 1.807) is 0 Å². The molecule has 0 aromatic carbocycles. The molecule has 2 nitrogen and oxygen atoms in total. The summed E-state index contributed by atoms with van der Waals surface area (Å²) in [7, 11) is 2.11. The molecule has 1 aliphatic heterocycles. The minimum atomic E-state index is -4.01. The molecule has 1 heterocycles. The predicted octanol–water partition coefficient (Wildman–Crippen LogP) is 3.04. The van der Waals surface area contributed by atoms with Crippen LogP contribution in [0.3, 0.4) is 0 Å². The molecule has 0 spiro atoms. The van der Waals surface area contributed by atoms with Gasteiger partial charge in [-0.05, 0) is 45.7 Å². The lowest BCUT2D eigenvalue weighted by atomic mass is 9.93. The van der Waals surface area contributed by atoms with E-state index < -0.39 is 12.6 Å². The Kier molecular flexibility index (Phi) is 5.92. The highest BCUT2D eigenvalue weighted by atomic mass is 19.4. The lowest BCUT2D eigenvalue weighted by Crippen LogP contribution is -2.49. The van der Waals surface area contributed by atoms with E-state index in [2.05, 4.69) is 24.2 Å². The third-order valence-electron chi connectivity index (χ3n) is 3.70. The topological polar surface area (TPSA) is 15.3 Å². The number of alkyl halides is 3. The van der Waals surface area contributed by atoms with Gasteiger partial charge in [-0.25, -0.2) is 0 Å². The third kappa shape index (κ3) is 6.05. The number of nitrogens with zero attached hydrogens (tertiary/aromatic N) is 1. The predicted molar refractivity (Wildman–Crippen MR) is 67.6 cm³/mol. The first-order valence-corrected chi connectivity index (χ1v) is 6.79. The lowest BCUT2D eigenvalue weighted by molar-refractivity contribution is -0.135. The molecule has 3 unspecified atom stereocenters. The van der Waals surface area contributed by atoms with E-state index in [9.17, 15) is 13.2 Å². The summed E-state index contributed by atoms with van der Waals surface area (Å²) in [5.74, 6) is 0.564. The Morgan fingerprint density at radius 3 is 2.61 bits per heavy atom. The van der Waals surface area contributed by atoms with Crippen molar-refractivity contribution in [1.82, 2.24) is 10.2 Å². The fourth-order valence-electron chi connectivity index (χ4n) is 2.66. The zero-order valence-electron chi connectivity index (χ0n) is 11.6. The molecule has 0 saturated carbocycles. The van der Waals surface area contributed by atoms with Gasteiger partial charge in [0.15, 0.2) is 0 Å². The summed E-state index contributed by atoms with van der Waals surface area (Å²) in [6.07, 6.45) is -2.78. The average Bonchev–Trinajstić information content (AvgIpc) is 2.20. The first-order valence-electron chi connectivity index (χ1n) is 6.79. The van der Waals surface area contributed by atoms with Gasteiger partial charge in [-0.15, -0.1) is 0 Å². The zero-order chi connectivity index (χ0) is 13.8. The summed E-state index contributed by atoms with van der Waals surface area (Å²) in [5, 5.41) is 3.48. The van der Waals surface area contributed by atoms with Gasteiger partial charge in [0.1, 0.15) is 0 Å². The number of nitrogens with one attached hydrogen (secondary N) is 1. The van der Waals surface area contributed by atoms with Crippen molar-refractivity contribution in [3.8, 4) is 0 Å². The van der Waals surface area contributed by atoms with Crippen LogP contribution in [0.4, 0.5) is 13.2 Å². The maximum absolute atomic E-state index is 12.0. The van der Waals surface area contributed by atoms with E-state index >= 15 is 0 Å². The van der Waals surface area contributed by atoms with Crippen LogP contribution < -0.4 is 5.32 Å². The summed E-state index contributed by atoms with van der Waals surface area (Å²) < 4.78 is 36.1. The van der Waals surface area contributed by atoms with Gasteiger partial charge in [0, 0.05) is 25.0 Å². The van der Waals surface area contributed by atoms with Crippen LogP contribution in [0.25, 0.3) is 0 Å². The van der Waals surface area contributed by atoms with E-state index in [4.69, 9.17) is 0 Å². The maximum atomic E-state index is 12.0. The monoisotopic (exact) mass is 266 g/mol. The van der Waals surface area contributed by atoms with Crippen LogP contribution in [0.15, 0.2) is 0 Å². The minimum absolute atomic E-state index is 0.170. The molecule has 1 saturated heterocycles. The highest BCUT2D eigenvalue weighted by Gasteiger charge is 2.28. The number of hydrogen-bond acceptors (Lipinski definition) is 2. The van der Waals surface area contributed by atoms with Gasteiger partial charge in [0.2, 0.25) is 0 Å².